The molecule has 0 radical (unpaired) electrons. The Morgan fingerprint density at radius 2 is 1.79 bits per heavy atom. The number of nitrogens with one attached hydrogen (secondary N) is 1. The molecule has 152 valence electrons. The molecule has 7 heteroatoms. The van der Waals surface area contributed by atoms with Gasteiger partial charge in [0.1, 0.15) is 0 Å². The molecule has 7 nitrogen and oxygen atoms in total. The van der Waals surface area contributed by atoms with E-state index >= 15 is 0 Å². The van der Waals surface area contributed by atoms with Gasteiger partial charge in [-0.3, -0.25) is 14.2 Å². The summed E-state index contributed by atoms with van der Waals surface area (Å²) in [7, 11) is 3.06. The number of rotatable bonds is 8. The minimum atomic E-state index is -0.170. The molecule has 2 aromatic carbocycles. The smallest absolute Gasteiger partial charge is 0.261 e. The quantitative estimate of drug-likeness (QED) is 0.634. The molecule has 0 aliphatic carbocycles. The third-order valence-electron chi connectivity index (χ3n) is 4.74. The van der Waals surface area contributed by atoms with Crippen LogP contribution in [0.3, 0.4) is 0 Å². The van der Waals surface area contributed by atoms with E-state index in [1.54, 1.807) is 12.1 Å². The highest BCUT2D eigenvalue weighted by atomic mass is 16.5. The van der Waals surface area contributed by atoms with Crippen LogP contribution in [0.2, 0.25) is 0 Å². The lowest BCUT2D eigenvalue weighted by Crippen LogP contribution is -2.24. The van der Waals surface area contributed by atoms with E-state index in [1.807, 2.05) is 31.2 Å². The zero-order valence-corrected chi connectivity index (χ0v) is 16.9. The third kappa shape index (κ3) is 4.93. The van der Waals surface area contributed by atoms with Gasteiger partial charge in [0.25, 0.3) is 5.56 Å². The fourth-order valence-electron chi connectivity index (χ4n) is 3.05. The summed E-state index contributed by atoms with van der Waals surface area (Å²) >= 11 is 0. The normalized spacial score (nSPS) is 10.7. The number of nitrogens with zero attached hydrogens (tertiary/aromatic N) is 2. The topological polar surface area (TPSA) is 82.5 Å². The highest BCUT2D eigenvalue weighted by molar-refractivity contribution is 5.81. The number of methoxy groups -OCH3 is 2. The van der Waals surface area contributed by atoms with Crippen LogP contribution in [-0.4, -0.2) is 29.7 Å². The summed E-state index contributed by atoms with van der Waals surface area (Å²) < 4.78 is 12.0. The van der Waals surface area contributed by atoms with Crippen molar-refractivity contribution in [3.63, 3.8) is 0 Å². The predicted octanol–water partition coefficient (Wildman–Crippen LogP) is 2.82. The minimum Gasteiger partial charge on any atom is -0.493 e. The Bertz CT molecular complexity index is 1060. The van der Waals surface area contributed by atoms with Crippen LogP contribution in [0.15, 0.2) is 47.5 Å². The molecule has 3 rings (SSSR count). The van der Waals surface area contributed by atoms with Crippen molar-refractivity contribution in [3.8, 4) is 11.5 Å². The van der Waals surface area contributed by atoms with Gasteiger partial charge >= 0.3 is 0 Å². The number of carbonyl (C=O) groups is 1. The van der Waals surface area contributed by atoms with Gasteiger partial charge in [-0.15, -0.1) is 0 Å². The van der Waals surface area contributed by atoms with E-state index in [0.29, 0.717) is 48.3 Å². The number of hydrogen-bond acceptors (Lipinski definition) is 5. The highest BCUT2D eigenvalue weighted by Crippen LogP contribution is 2.29. The molecule has 0 bridgehead atoms. The van der Waals surface area contributed by atoms with Gasteiger partial charge in [-0.25, -0.2) is 4.98 Å². The Balaban J connectivity index is 1.60. The number of aromatic nitrogens is 2. The van der Waals surface area contributed by atoms with Crippen molar-refractivity contribution >= 4 is 16.8 Å². The first-order valence-corrected chi connectivity index (χ1v) is 9.45. The number of fused-ring (bicyclic) bond motifs is 1. The van der Waals surface area contributed by atoms with Gasteiger partial charge in [-0.05, 0) is 25.0 Å². The second-order valence-corrected chi connectivity index (χ2v) is 6.83. The summed E-state index contributed by atoms with van der Waals surface area (Å²) in [6, 6.07) is 11.3. The maximum absolute atomic E-state index is 12.7. The fraction of sp³-hybridized carbons (Fsp3) is 0.318. The molecule has 29 heavy (non-hydrogen) atoms. The first-order valence-electron chi connectivity index (χ1n) is 9.45. The van der Waals surface area contributed by atoms with Gasteiger partial charge in [-0.1, -0.05) is 29.8 Å². The lowest BCUT2D eigenvalue weighted by Gasteiger charge is -2.10. The lowest BCUT2D eigenvalue weighted by molar-refractivity contribution is -0.121. The summed E-state index contributed by atoms with van der Waals surface area (Å²) in [4.78, 5) is 29.2. The Morgan fingerprint density at radius 1 is 1.10 bits per heavy atom. The van der Waals surface area contributed by atoms with Crippen molar-refractivity contribution in [2.75, 3.05) is 14.2 Å². The molecule has 0 fully saturated rings. The summed E-state index contributed by atoms with van der Waals surface area (Å²) in [5.41, 5.74) is 2.62. The standard InChI is InChI=1S/C22H25N3O4/c1-15-6-8-16(9-7-15)13-23-21(26)5-4-10-25-14-24-18-12-20(29-3)19(28-2)11-17(18)22(25)27/h6-9,11-12,14H,4-5,10,13H2,1-3H3,(H,23,26). The third-order valence-corrected chi connectivity index (χ3v) is 4.74. The maximum atomic E-state index is 12.7. The van der Waals surface area contributed by atoms with Gasteiger partial charge in [0.05, 0.1) is 31.4 Å². The number of benzene rings is 2. The van der Waals surface area contributed by atoms with Crippen LogP contribution in [0.5, 0.6) is 11.5 Å². The first-order chi connectivity index (χ1) is 14.0. The number of hydrogen-bond donors (Lipinski definition) is 1. The zero-order valence-electron chi connectivity index (χ0n) is 16.9. The number of amides is 1. The number of aryl methyl sites for hydroxylation is 2. The summed E-state index contributed by atoms with van der Waals surface area (Å²) in [5, 5.41) is 3.36. The van der Waals surface area contributed by atoms with Crippen LogP contribution >= 0.6 is 0 Å². The second-order valence-electron chi connectivity index (χ2n) is 6.83. The van der Waals surface area contributed by atoms with E-state index in [0.717, 1.165) is 5.56 Å². The zero-order chi connectivity index (χ0) is 20.8. The van der Waals surface area contributed by atoms with Crippen molar-refractivity contribution in [1.82, 2.24) is 14.9 Å². The van der Waals surface area contributed by atoms with E-state index in [1.165, 1.54) is 30.7 Å². The van der Waals surface area contributed by atoms with E-state index in [9.17, 15) is 9.59 Å². The molecule has 0 spiro atoms. The molecule has 0 aliphatic rings. The van der Waals surface area contributed by atoms with Crippen LogP contribution in [0.25, 0.3) is 10.9 Å². The molecule has 0 saturated carbocycles. The van der Waals surface area contributed by atoms with Gasteiger partial charge in [0.15, 0.2) is 11.5 Å². The first kappa shape index (κ1) is 20.4. The molecule has 0 unspecified atom stereocenters. The molecule has 0 aliphatic heterocycles. The van der Waals surface area contributed by atoms with E-state index in [4.69, 9.17) is 9.47 Å². The van der Waals surface area contributed by atoms with Crippen molar-refractivity contribution in [2.24, 2.45) is 0 Å². The van der Waals surface area contributed by atoms with Crippen molar-refractivity contribution < 1.29 is 14.3 Å². The summed E-state index contributed by atoms with van der Waals surface area (Å²) in [6.07, 6.45) is 2.38. The molecular weight excluding hydrogens is 370 g/mol. The van der Waals surface area contributed by atoms with E-state index < -0.39 is 0 Å². The van der Waals surface area contributed by atoms with Gasteiger partial charge in [0.2, 0.25) is 5.91 Å². The molecule has 0 atom stereocenters. The predicted molar refractivity (Wildman–Crippen MR) is 111 cm³/mol. The minimum absolute atomic E-state index is 0.0428. The molecular formula is C22H25N3O4. The second kappa shape index (κ2) is 9.23. The molecule has 0 saturated heterocycles. The molecule has 1 aromatic heterocycles. The van der Waals surface area contributed by atoms with Crippen molar-refractivity contribution in [2.45, 2.75) is 32.9 Å². The van der Waals surface area contributed by atoms with Crippen molar-refractivity contribution in [3.05, 3.63) is 64.2 Å². The van der Waals surface area contributed by atoms with Crippen LogP contribution in [-0.2, 0) is 17.9 Å². The fourth-order valence-corrected chi connectivity index (χ4v) is 3.05. The summed E-state index contributed by atoms with van der Waals surface area (Å²) in [6.45, 7) is 2.94. The maximum Gasteiger partial charge on any atom is 0.261 e. The van der Waals surface area contributed by atoms with Crippen LogP contribution in [0.1, 0.15) is 24.0 Å². The van der Waals surface area contributed by atoms with Crippen LogP contribution in [0, 0.1) is 6.92 Å². The molecule has 1 amide bonds. The monoisotopic (exact) mass is 395 g/mol. The van der Waals surface area contributed by atoms with Crippen molar-refractivity contribution in [1.29, 1.82) is 0 Å². The van der Waals surface area contributed by atoms with Gasteiger partial charge in [0, 0.05) is 25.6 Å². The number of carbonyl (C=O) groups excluding carboxylic acids is 1. The Kier molecular flexibility index (Phi) is 6.49. The van der Waals surface area contributed by atoms with Crippen LogP contribution < -0.4 is 20.3 Å². The van der Waals surface area contributed by atoms with E-state index in [2.05, 4.69) is 10.3 Å². The lowest BCUT2D eigenvalue weighted by atomic mass is 10.1. The molecule has 3 aromatic rings. The Labute approximate surface area is 169 Å². The molecule has 1 N–H and O–H groups in total. The largest absolute Gasteiger partial charge is 0.493 e. The summed E-state index contributed by atoms with van der Waals surface area (Å²) in [5.74, 6) is 0.959. The SMILES string of the molecule is COc1cc2ncn(CCCC(=O)NCc3ccc(C)cc3)c(=O)c2cc1OC. The van der Waals surface area contributed by atoms with Gasteiger partial charge in [-0.2, -0.15) is 0 Å². The Morgan fingerprint density at radius 3 is 2.48 bits per heavy atom. The van der Waals surface area contributed by atoms with Crippen LogP contribution in [0.4, 0.5) is 0 Å². The number of ether oxygens (including phenoxy) is 2. The highest BCUT2D eigenvalue weighted by Gasteiger charge is 2.11. The Hall–Kier alpha value is -3.35. The molecule has 1 heterocycles. The van der Waals surface area contributed by atoms with E-state index in [-0.39, 0.29) is 11.5 Å². The average molecular weight is 395 g/mol. The van der Waals surface area contributed by atoms with Gasteiger partial charge < -0.3 is 14.8 Å². The average Bonchev–Trinajstić information content (AvgIpc) is 2.74.